The van der Waals surface area contributed by atoms with Gasteiger partial charge in [0.05, 0.1) is 0 Å². The summed E-state index contributed by atoms with van der Waals surface area (Å²) in [6.45, 7) is 0. The minimum atomic E-state index is 0.225. The summed E-state index contributed by atoms with van der Waals surface area (Å²) >= 11 is 5.75. The smallest absolute Gasteiger partial charge is 0.224 e. The molecule has 3 aromatic rings. The van der Waals surface area contributed by atoms with E-state index < -0.39 is 0 Å². The highest BCUT2D eigenvalue weighted by atomic mass is 35.5. The van der Waals surface area contributed by atoms with Gasteiger partial charge >= 0.3 is 0 Å². The van der Waals surface area contributed by atoms with E-state index in [1.165, 1.54) is 0 Å². The lowest BCUT2D eigenvalue weighted by Crippen LogP contribution is -1.94. The third-order valence-corrected chi connectivity index (χ3v) is 2.98. The van der Waals surface area contributed by atoms with Crippen molar-refractivity contribution in [3.05, 3.63) is 66.3 Å². The van der Waals surface area contributed by atoms with Gasteiger partial charge in [0.25, 0.3) is 0 Å². The van der Waals surface area contributed by atoms with Crippen LogP contribution in [0.4, 0.5) is 11.5 Å². The molecule has 2 heterocycles. The number of anilines is 2. The van der Waals surface area contributed by atoms with Crippen molar-refractivity contribution in [3.8, 4) is 11.1 Å². The third-order valence-electron chi connectivity index (χ3n) is 2.80. The van der Waals surface area contributed by atoms with E-state index in [0.717, 1.165) is 16.8 Å². The van der Waals surface area contributed by atoms with Crippen LogP contribution in [0.25, 0.3) is 11.1 Å². The topological polar surface area (TPSA) is 50.7 Å². The fourth-order valence-electron chi connectivity index (χ4n) is 1.84. The number of rotatable bonds is 3. The summed E-state index contributed by atoms with van der Waals surface area (Å²) in [6, 6.07) is 13.8. The van der Waals surface area contributed by atoms with Gasteiger partial charge in [0, 0.05) is 24.3 Å². The molecular weight excluding hydrogens is 272 g/mol. The van der Waals surface area contributed by atoms with Crippen LogP contribution in [0.15, 0.2) is 61.1 Å². The van der Waals surface area contributed by atoms with Crippen molar-refractivity contribution in [2.45, 2.75) is 0 Å². The minimum Gasteiger partial charge on any atom is -0.340 e. The molecule has 2 aromatic heterocycles. The van der Waals surface area contributed by atoms with Gasteiger partial charge in [0.1, 0.15) is 5.82 Å². The highest BCUT2D eigenvalue weighted by Crippen LogP contribution is 2.22. The molecule has 0 radical (unpaired) electrons. The second-order valence-electron chi connectivity index (χ2n) is 4.15. The van der Waals surface area contributed by atoms with Crippen LogP contribution in [-0.2, 0) is 0 Å². The summed E-state index contributed by atoms with van der Waals surface area (Å²) in [7, 11) is 0. The van der Waals surface area contributed by atoms with Gasteiger partial charge in [0.2, 0.25) is 5.28 Å². The molecule has 20 heavy (non-hydrogen) atoms. The summed E-state index contributed by atoms with van der Waals surface area (Å²) in [5.74, 6) is 0.668. The Bertz CT molecular complexity index is 699. The standard InChI is InChI=1S/C15H11ClN4/c16-15-18-10-7-14(20-15)19-13-3-1-11(2-4-13)12-5-8-17-9-6-12/h1-10H,(H,18,19,20). The number of aromatic nitrogens is 3. The van der Waals surface area contributed by atoms with Gasteiger partial charge < -0.3 is 5.32 Å². The van der Waals surface area contributed by atoms with Crippen LogP contribution in [0.1, 0.15) is 0 Å². The summed E-state index contributed by atoms with van der Waals surface area (Å²) in [4.78, 5) is 11.9. The first kappa shape index (κ1) is 12.6. The van der Waals surface area contributed by atoms with Gasteiger partial charge in [-0.3, -0.25) is 4.98 Å². The molecule has 1 N–H and O–H groups in total. The molecule has 0 spiro atoms. The predicted octanol–water partition coefficient (Wildman–Crippen LogP) is 3.94. The van der Waals surface area contributed by atoms with Crippen LogP contribution in [0.3, 0.4) is 0 Å². The molecule has 0 saturated heterocycles. The van der Waals surface area contributed by atoms with Crippen molar-refractivity contribution in [3.63, 3.8) is 0 Å². The number of benzene rings is 1. The predicted molar refractivity (Wildman–Crippen MR) is 80.0 cm³/mol. The maximum absolute atomic E-state index is 5.75. The molecule has 0 aliphatic rings. The van der Waals surface area contributed by atoms with E-state index in [1.54, 1.807) is 24.7 Å². The number of hydrogen-bond donors (Lipinski definition) is 1. The summed E-state index contributed by atoms with van der Waals surface area (Å²) in [5.41, 5.74) is 3.22. The van der Waals surface area contributed by atoms with E-state index in [2.05, 4.69) is 20.3 Å². The maximum atomic E-state index is 5.75. The first-order valence-corrected chi connectivity index (χ1v) is 6.45. The molecule has 0 unspecified atom stereocenters. The Kier molecular flexibility index (Phi) is 3.56. The average molecular weight is 283 g/mol. The molecule has 0 aliphatic carbocycles. The fourth-order valence-corrected chi connectivity index (χ4v) is 1.99. The van der Waals surface area contributed by atoms with Crippen LogP contribution in [0, 0.1) is 0 Å². The zero-order chi connectivity index (χ0) is 13.8. The zero-order valence-electron chi connectivity index (χ0n) is 10.5. The Morgan fingerprint density at radius 1 is 0.800 bits per heavy atom. The molecule has 3 rings (SSSR count). The molecule has 0 saturated carbocycles. The summed E-state index contributed by atoms with van der Waals surface area (Å²) < 4.78 is 0. The number of nitrogens with one attached hydrogen (secondary N) is 1. The van der Waals surface area contributed by atoms with E-state index in [0.29, 0.717) is 5.82 Å². The average Bonchev–Trinajstić information content (AvgIpc) is 2.49. The quantitative estimate of drug-likeness (QED) is 0.739. The monoisotopic (exact) mass is 282 g/mol. The number of pyridine rings is 1. The van der Waals surface area contributed by atoms with Gasteiger partial charge in [-0.1, -0.05) is 12.1 Å². The summed E-state index contributed by atoms with van der Waals surface area (Å²) in [6.07, 6.45) is 5.18. The SMILES string of the molecule is Clc1nccc(Nc2ccc(-c3ccncc3)cc2)n1. The molecule has 0 aliphatic heterocycles. The first-order chi connectivity index (χ1) is 9.81. The van der Waals surface area contributed by atoms with E-state index in [9.17, 15) is 0 Å². The fraction of sp³-hybridized carbons (Fsp3) is 0. The Labute approximate surface area is 121 Å². The summed E-state index contributed by atoms with van der Waals surface area (Å²) in [5, 5.41) is 3.40. The lowest BCUT2D eigenvalue weighted by atomic mass is 10.1. The zero-order valence-corrected chi connectivity index (χ0v) is 11.2. The van der Waals surface area contributed by atoms with Crippen LogP contribution < -0.4 is 5.32 Å². The Morgan fingerprint density at radius 2 is 1.50 bits per heavy atom. The van der Waals surface area contributed by atoms with Crippen molar-refractivity contribution >= 4 is 23.1 Å². The first-order valence-electron chi connectivity index (χ1n) is 6.07. The normalized spacial score (nSPS) is 10.2. The second kappa shape index (κ2) is 5.67. The minimum absolute atomic E-state index is 0.225. The number of halogens is 1. The van der Waals surface area contributed by atoms with Crippen molar-refractivity contribution in [1.29, 1.82) is 0 Å². The lowest BCUT2D eigenvalue weighted by Gasteiger charge is -2.07. The second-order valence-corrected chi connectivity index (χ2v) is 4.49. The van der Waals surface area contributed by atoms with E-state index in [-0.39, 0.29) is 5.28 Å². The van der Waals surface area contributed by atoms with Gasteiger partial charge in [0.15, 0.2) is 0 Å². The molecule has 0 amide bonds. The largest absolute Gasteiger partial charge is 0.340 e. The van der Waals surface area contributed by atoms with Crippen molar-refractivity contribution < 1.29 is 0 Å². The molecule has 0 fully saturated rings. The van der Waals surface area contributed by atoms with Crippen LogP contribution >= 0.6 is 11.6 Å². The number of nitrogens with zero attached hydrogens (tertiary/aromatic N) is 3. The van der Waals surface area contributed by atoms with Crippen LogP contribution in [0.2, 0.25) is 5.28 Å². The highest BCUT2D eigenvalue weighted by molar-refractivity contribution is 6.28. The number of hydrogen-bond acceptors (Lipinski definition) is 4. The lowest BCUT2D eigenvalue weighted by molar-refractivity contribution is 1.17. The van der Waals surface area contributed by atoms with Crippen LogP contribution in [0.5, 0.6) is 0 Å². The Hall–Kier alpha value is -2.46. The molecule has 5 heteroatoms. The molecular formula is C15H11ClN4. The van der Waals surface area contributed by atoms with Crippen LogP contribution in [-0.4, -0.2) is 15.0 Å². The van der Waals surface area contributed by atoms with Gasteiger partial charge in [-0.05, 0) is 53.1 Å². The Morgan fingerprint density at radius 3 is 2.20 bits per heavy atom. The van der Waals surface area contributed by atoms with E-state index in [1.807, 2.05) is 36.4 Å². The van der Waals surface area contributed by atoms with E-state index in [4.69, 9.17) is 11.6 Å². The van der Waals surface area contributed by atoms with Gasteiger partial charge in [-0.15, -0.1) is 0 Å². The molecule has 98 valence electrons. The van der Waals surface area contributed by atoms with Crippen molar-refractivity contribution in [2.24, 2.45) is 0 Å². The van der Waals surface area contributed by atoms with Crippen molar-refractivity contribution in [2.75, 3.05) is 5.32 Å². The maximum Gasteiger partial charge on any atom is 0.224 e. The van der Waals surface area contributed by atoms with Gasteiger partial charge in [-0.25, -0.2) is 9.97 Å². The molecule has 4 nitrogen and oxygen atoms in total. The Balaban J connectivity index is 1.80. The molecule has 1 aromatic carbocycles. The molecule has 0 bridgehead atoms. The van der Waals surface area contributed by atoms with E-state index >= 15 is 0 Å². The highest BCUT2D eigenvalue weighted by Gasteiger charge is 2.00. The molecule has 0 atom stereocenters. The van der Waals surface area contributed by atoms with Gasteiger partial charge in [-0.2, -0.15) is 0 Å². The van der Waals surface area contributed by atoms with Crippen molar-refractivity contribution in [1.82, 2.24) is 15.0 Å². The third kappa shape index (κ3) is 2.92.